The van der Waals surface area contributed by atoms with Crippen LogP contribution in [0.5, 0.6) is 0 Å². The highest BCUT2D eigenvalue weighted by molar-refractivity contribution is 9.10. The van der Waals surface area contributed by atoms with E-state index in [1.807, 2.05) is 24.0 Å². The number of rotatable bonds is 2. The summed E-state index contributed by atoms with van der Waals surface area (Å²) >= 11 is 5.08. The molecule has 2 rings (SSSR count). The minimum Gasteiger partial charge on any atom is -0.338 e. The molecule has 1 atom stereocenters. The van der Waals surface area contributed by atoms with Crippen molar-refractivity contribution in [3.05, 3.63) is 22.3 Å². The van der Waals surface area contributed by atoms with Crippen LogP contribution in [0.25, 0.3) is 0 Å². The molecule has 0 aliphatic carbocycles. The number of sulfone groups is 1. The number of aromatic nitrogens is 1. The summed E-state index contributed by atoms with van der Waals surface area (Å²) in [7, 11) is -3.09. The summed E-state index contributed by atoms with van der Waals surface area (Å²) in [5.41, 5.74) is 0.873. The van der Waals surface area contributed by atoms with E-state index in [1.54, 1.807) is 11.8 Å². The first-order valence-corrected chi connectivity index (χ1v) is 9.46. The minimum absolute atomic E-state index is 0.468. The smallest absolute Gasteiger partial charge is 0.169 e. The summed E-state index contributed by atoms with van der Waals surface area (Å²) < 4.78 is 24.6. The lowest BCUT2D eigenvalue weighted by Crippen LogP contribution is -2.47. The van der Waals surface area contributed by atoms with E-state index in [4.69, 9.17) is 0 Å². The molecule has 100 valence electrons. The normalized spacial score (nSPS) is 21.1. The fourth-order valence-electron chi connectivity index (χ4n) is 1.89. The maximum atomic E-state index is 11.8. The zero-order valence-electron chi connectivity index (χ0n) is 10.3. The lowest BCUT2D eigenvalue weighted by molar-refractivity contribution is 0.583. The predicted octanol–water partition coefficient (Wildman–Crippen LogP) is 2.08. The molecule has 1 aliphatic rings. The predicted molar refractivity (Wildman–Crippen MR) is 80.0 cm³/mol. The Morgan fingerprint density at radius 1 is 1.50 bits per heavy atom. The van der Waals surface area contributed by atoms with Crippen molar-refractivity contribution >= 4 is 43.3 Å². The van der Waals surface area contributed by atoms with Gasteiger partial charge >= 0.3 is 0 Å². The minimum atomic E-state index is -3.09. The van der Waals surface area contributed by atoms with Gasteiger partial charge in [-0.1, -0.05) is 0 Å². The van der Waals surface area contributed by atoms with Gasteiger partial charge in [0.05, 0.1) is 5.69 Å². The largest absolute Gasteiger partial charge is 0.338 e. The Hall–Kier alpha value is -0.270. The molecule has 1 aliphatic heterocycles. The molecule has 4 nitrogen and oxygen atoms in total. The maximum absolute atomic E-state index is 11.8. The molecular formula is C11H15BrN2O2S2. The monoisotopic (exact) mass is 350 g/mol. The number of halogens is 1. The quantitative estimate of drug-likeness (QED) is 0.817. The zero-order valence-corrected chi connectivity index (χ0v) is 13.5. The van der Waals surface area contributed by atoms with Crippen LogP contribution in [0.2, 0.25) is 0 Å². The van der Waals surface area contributed by atoms with Crippen molar-refractivity contribution in [2.24, 2.45) is 0 Å². The van der Waals surface area contributed by atoms with Gasteiger partial charge in [0.1, 0.15) is 11.2 Å². The summed E-state index contributed by atoms with van der Waals surface area (Å²) in [4.78, 5) is 6.36. The number of thioether (sulfide) groups is 1. The average Bonchev–Trinajstić information content (AvgIpc) is 2.32. The number of anilines is 1. The Kier molecular flexibility index (Phi) is 4.23. The Morgan fingerprint density at radius 3 is 2.83 bits per heavy atom. The summed E-state index contributed by atoms with van der Waals surface area (Å²) in [5.74, 6) is 2.28. The van der Waals surface area contributed by atoms with E-state index in [0.717, 1.165) is 28.3 Å². The van der Waals surface area contributed by atoms with E-state index in [-0.39, 0.29) is 0 Å². The van der Waals surface area contributed by atoms with Crippen LogP contribution in [-0.4, -0.2) is 43.1 Å². The topological polar surface area (TPSA) is 50.3 Å². The molecule has 0 spiro atoms. The summed E-state index contributed by atoms with van der Waals surface area (Å²) in [6, 6.07) is 3.78. The Labute approximate surface area is 120 Å². The van der Waals surface area contributed by atoms with Crippen molar-refractivity contribution in [1.29, 1.82) is 0 Å². The Bertz CT molecular complexity index is 548. The second-order valence-corrected chi connectivity index (χ2v) is 8.50. The molecule has 7 heteroatoms. The molecule has 2 heterocycles. The Balaban J connectivity index is 2.37. The molecule has 1 saturated heterocycles. The van der Waals surface area contributed by atoms with E-state index < -0.39 is 15.2 Å². The van der Waals surface area contributed by atoms with Crippen LogP contribution in [0.1, 0.15) is 5.69 Å². The second-order valence-electron chi connectivity index (χ2n) is 4.29. The molecule has 18 heavy (non-hydrogen) atoms. The standard InChI is InChI=1S/C11H15BrN2O2S2/c1-8-9(12)3-4-10(13-8)14-5-6-17-7-11(14)18(2,15)16/h3-4,11H,5-7H2,1-2H3. The third-order valence-corrected chi connectivity index (χ3v) is 6.36. The lowest BCUT2D eigenvalue weighted by Gasteiger charge is -2.35. The molecule has 0 bridgehead atoms. The molecule has 1 fully saturated rings. The summed E-state index contributed by atoms with van der Waals surface area (Å²) in [6.45, 7) is 2.62. The van der Waals surface area contributed by atoms with E-state index in [1.165, 1.54) is 6.26 Å². The highest BCUT2D eigenvalue weighted by Gasteiger charge is 2.31. The van der Waals surface area contributed by atoms with Crippen LogP contribution in [0.15, 0.2) is 16.6 Å². The number of pyridine rings is 1. The fraction of sp³-hybridized carbons (Fsp3) is 0.545. The average molecular weight is 351 g/mol. The molecule has 0 amide bonds. The van der Waals surface area contributed by atoms with Crippen molar-refractivity contribution in [3.8, 4) is 0 Å². The van der Waals surface area contributed by atoms with Crippen LogP contribution >= 0.6 is 27.7 Å². The highest BCUT2D eigenvalue weighted by Crippen LogP contribution is 2.27. The molecule has 0 aromatic carbocycles. The molecule has 0 saturated carbocycles. The number of hydrogen-bond acceptors (Lipinski definition) is 5. The third-order valence-electron chi connectivity index (χ3n) is 2.88. The Morgan fingerprint density at radius 2 is 2.22 bits per heavy atom. The van der Waals surface area contributed by atoms with Crippen LogP contribution in [0.3, 0.4) is 0 Å². The molecular weight excluding hydrogens is 336 g/mol. The van der Waals surface area contributed by atoms with Crippen molar-refractivity contribution in [2.45, 2.75) is 12.3 Å². The first-order valence-electron chi connectivity index (χ1n) is 5.56. The van der Waals surface area contributed by atoms with Gasteiger partial charge in [-0.2, -0.15) is 11.8 Å². The SMILES string of the molecule is Cc1nc(N2CCSCC2S(C)(=O)=O)ccc1Br. The first-order chi connectivity index (χ1) is 8.39. The zero-order chi connectivity index (χ0) is 13.3. The maximum Gasteiger partial charge on any atom is 0.169 e. The van der Waals surface area contributed by atoms with Gasteiger partial charge in [0.2, 0.25) is 0 Å². The van der Waals surface area contributed by atoms with Crippen molar-refractivity contribution < 1.29 is 8.42 Å². The van der Waals surface area contributed by atoms with Gasteiger partial charge in [-0.05, 0) is 35.0 Å². The van der Waals surface area contributed by atoms with Gasteiger partial charge in [0.25, 0.3) is 0 Å². The van der Waals surface area contributed by atoms with Gasteiger partial charge in [0.15, 0.2) is 9.84 Å². The van der Waals surface area contributed by atoms with Crippen molar-refractivity contribution in [3.63, 3.8) is 0 Å². The van der Waals surface area contributed by atoms with Crippen LogP contribution in [0.4, 0.5) is 5.82 Å². The van der Waals surface area contributed by atoms with E-state index in [2.05, 4.69) is 20.9 Å². The first kappa shape index (κ1) is 14.1. The van der Waals surface area contributed by atoms with Crippen LogP contribution < -0.4 is 4.90 Å². The summed E-state index contributed by atoms with van der Waals surface area (Å²) in [6.07, 6.45) is 1.29. The number of hydrogen-bond donors (Lipinski definition) is 0. The lowest BCUT2D eigenvalue weighted by atomic mass is 10.3. The molecule has 1 aromatic rings. The molecule has 1 unspecified atom stereocenters. The second kappa shape index (κ2) is 5.38. The van der Waals surface area contributed by atoms with Gasteiger partial charge in [-0.15, -0.1) is 0 Å². The molecule has 1 aromatic heterocycles. The van der Waals surface area contributed by atoms with Crippen LogP contribution in [0, 0.1) is 6.92 Å². The fourth-order valence-corrected chi connectivity index (χ4v) is 4.94. The van der Waals surface area contributed by atoms with E-state index in [0.29, 0.717) is 5.75 Å². The third kappa shape index (κ3) is 3.00. The van der Waals surface area contributed by atoms with Crippen molar-refractivity contribution in [1.82, 2.24) is 4.98 Å². The van der Waals surface area contributed by atoms with Gasteiger partial charge in [0, 0.05) is 28.8 Å². The highest BCUT2D eigenvalue weighted by atomic mass is 79.9. The number of nitrogens with zero attached hydrogens (tertiary/aromatic N) is 2. The molecule has 0 radical (unpaired) electrons. The van der Waals surface area contributed by atoms with E-state index in [9.17, 15) is 8.42 Å². The van der Waals surface area contributed by atoms with Gasteiger partial charge < -0.3 is 4.90 Å². The van der Waals surface area contributed by atoms with Crippen LogP contribution in [-0.2, 0) is 9.84 Å². The summed E-state index contributed by atoms with van der Waals surface area (Å²) in [5, 5.41) is -0.468. The molecule has 0 N–H and O–H groups in total. The van der Waals surface area contributed by atoms with Crippen molar-refractivity contribution in [2.75, 3.05) is 29.2 Å². The van der Waals surface area contributed by atoms with E-state index >= 15 is 0 Å². The van der Waals surface area contributed by atoms with Gasteiger partial charge in [-0.3, -0.25) is 0 Å². The van der Waals surface area contributed by atoms with Gasteiger partial charge in [-0.25, -0.2) is 13.4 Å². The number of aryl methyl sites for hydroxylation is 1.